The molecule has 1 rings (SSSR count). The average Bonchev–Trinajstić information content (AvgIpc) is 2.56. The summed E-state index contributed by atoms with van der Waals surface area (Å²) < 4.78 is 1.96. The normalized spacial score (nSPS) is 13.9. The molecule has 0 saturated carbocycles. The van der Waals surface area contributed by atoms with Gasteiger partial charge in [-0.05, 0) is 37.8 Å². The van der Waals surface area contributed by atoms with Gasteiger partial charge in [-0.2, -0.15) is 5.10 Å². The second kappa shape index (κ2) is 6.37. The number of aromatic nitrogens is 2. The van der Waals surface area contributed by atoms with Crippen LogP contribution in [0.15, 0.2) is 6.07 Å². The van der Waals surface area contributed by atoms with Crippen LogP contribution in [0.2, 0.25) is 0 Å². The third kappa shape index (κ3) is 4.81. The van der Waals surface area contributed by atoms with Crippen LogP contribution in [0, 0.1) is 12.3 Å². The summed E-state index contributed by atoms with van der Waals surface area (Å²) in [4.78, 5) is 0. The van der Waals surface area contributed by atoms with Crippen LogP contribution in [-0.2, 0) is 7.05 Å². The maximum Gasteiger partial charge on any atom is 0.0796 e. The lowest BCUT2D eigenvalue weighted by Crippen LogP contribution is -2.22. The van der Waals surface area contributed by atoms with E-state index >= 15 is 0 Å². The van der Waals surface area contributed by atoms with Gasteiger partial charge in [-0.3, -0.25) is 4.68 Å². The fraction of sp³-hybridized carbons (Fsp3) is 0.800. The van der Waals surface area contributed by atoms with E-state index in [0.717, 1.165) is 6.54 Å². The van der Waals surface area contributed by atoms with Crippen molar-refractivity contribution in [1.29, 1.82) is 0 Å². The van der Waals surface area contributed by atoms with Crippen molar-refractivity contribution in [2.75, 3.05) is 6.54 Å². The molecule has 0 bridgehead atoms. The van der Waals surface area contributed by atoms with E-state index in [-0.39, 0.29) is 0 Å². The molecule has 1 unspecified atom stereocenters. The Hall–Kier alpha value is -0.830. The van der Waals surface area contributed by atoms with E-state index in [2.05, 4.69) is 51.1 Å². The fourth-order valence-electron chi connectivity index (χ4n) is 2.20. The second-order valence-corrected chi connectivity index (χ2v) is 6.40. The number of nitrogens with zero attached hydrogens (tertiary/aromatic N) is 2. The minimum absolute atomic E-state index is 0.400. The van der Waals surface area contributed by atoms with Crippen LogP contribution >= 0.6 is 0 Å². The highest BCUT2D eigenvalue weighted by Crippen LogP contribution is 2.25. The Labute approximate surface area is 112 Å². The van der Waals surface area contributed by atoms with E-state index in [9.17, 15) is 0 Å². The van der Waals surface area contributed by atoms with Gasteiger partial charge in [0, 0.05) is 12.7 Å². The van der Waals surface area contributed by atoms with Gasteiger partial charge in [-0.15, -0.1) is 0 Å². The molecule has 3 heteroatoms. The molecule has 0 spiro atoms. The van der Waals surface area contributed by atoms with Crippen LogP contribution in [0.5, 0.6) is 0 Å². The van der Waals surface area contributed by atoms with Gasteiger partial charge in [-0.1, -0.05) is 34.1 Å². The number of aryl methyl sites for hydroxylation is 2. The van der Waals surface area contributed by atoms with Crippen LogP contribution in [0.4, 0.5) is 0 Å². The summed E-state index contributed by atoms with van der Waals surface area (Å²) in [6.07, 6.45) is 3.68. The molecule has 0 aromatic carbocycles. The highest BCUT2D eigenvalue weighted by Gasteiger charge is 2.16. The molecule has 3 nitrogen and oxygen atoms in total. The number of rotatable bonds is 6. The highest BCUT2D eigenvalue weighted by atomic mass is 15.3. The van der Waals surface area contributed by atoms with Gasteiger partial charge >= 0.3 is 0 Å². The molecule has 18 heavy (non-hydrogen) atoms. The summed E-state index contributed by atoms with van der Waals surface area (Å²) in [5.41, 5.74) is 2.84. The minimum Gasteiger partial charge on any atom is -0.309 e. The first-order valence-corrected chi connectivity index (χ1v) is 7.07. The molecule has 1 atom stereocenters. The van der Waals surface area contributed by atoms with Gasteiger partial charge in [-0.25, -0.2) is 0 Å². The highest BCUT2D eigenvalue weighted by molar-refractivity contribution is 5.12. The zero-order valence-corrected chi connectivity index (χ0v) is 12.9. The van der Waals surface area contributed by atoms with E-state index in [1.807, 2.05) is 11.7 Å². The van der Waals surface area contributed by atoms with Crippen molar-refractivity contribution in [3.63, 3.8) is 0 Å². The van der Waals surface area contributed by atoms with E-state index in [1.54, 1.807) is 0 Å². The Kier molecular flexibility index (Phi) is 5.39. The molecule has 0 saturated heterocycles. The monoisotopic (exact) mass is 251 g/mol. The number of hydrogen-bond donors (Lipinski definition) is 1. The van der Waals surface area contributed by atoms with Crippen LogP contribution in [0.3, 0.4) is 0 Å². The molecule has 0 fully saturated rings. The molecule has 0 amide bonds. The van der Waals surface area contributed by atoms with E-state index in [0.29, 0.717) is 11.5 Å². The third-order valence-electron chi connectivity index (χ3n) is 3.36. The van der Waals surface area contributed by atoms with Crippen molar-refractivity contribution in [2.45, 2.75) is 59.9 Å². The largest absolute Gasteiger partial charge is 0.309 e. The van der Waals surface area contributed by atoms with Crippen molar-refractivity contribution in [2.24, 2.45) is 12.5 Å². The Morgan fingerprint density at radius 2 is 2.06 bits per heavy atom. The molecule has 1 heterocycles. The van der Waals surface area contributed by atoms with Crippen LogP contribution < -0.4 is 5.32 Å². The van der Waals surface area contributed by atoms with E-state index in [4.69, 9.17) is 0 Å². The molecular weight excluding hydrogens is 222 g/mol. The first-order valence-electron chi connectivity index (χ1n) is 7.07. The lowest BCUT2D eigenvalue weighted by molar-refractivity contribution is 0.343. The summed E-state index contributed by atoms with van der Waals surface area (Å²) in [7, 11) is 2.01. The Balaban J connectivity index is 2.60. The molecule has 1 aromatic rings. The van der Waals surface area contributed by atoms with Gasteiger partial charge in [0.1, 0.15) is 0 Å². The van der Waals surface area contributed by atoms with Crippen molar-refractivity contribution < 1.29 is 0 Å². The average molecular weight is 251 g/mol. The first kappa shape index (κ1) is 15.2. The molecule has 0 radical (unpaired) electrons. The first-order chi connectivity index (χ1) is 8.33. The third-order valence-corrected chi connectivity index (χ3v) is 3.36. The Bertz CT molecular complexity index is 341. The maximum absolute atomic E-state index is 4.60. The molecule has 104 valence electrons. The number of hydrogen-bond acceptors (Lipinski definition) is 2. The molecule has 1 N–H and O–H groups in total. The maximum atomic E-state index is 4.60. The van der Waals surface area contributed by atoms with Crippen molar-refractivity contribution in [3.8, 4) is 0 Å². The van der Waals surface area contributed by atoms with Crippen molar-refractivity contribution in [1.82, 2.24) is 15.1 Å². The summed E-state index contributed by atoms with van der Waals surface area (Å²) in [6.45, 7) is 12.2. The van der Waals surface area contributed by atoms with Crippen molar-refractivity contribution >= 4 is 0 Å². The molecule has 1 aromatic heterocycles. The molecule has 0 aliphatic heterocycles. The lowest BCUT2D eigenvalue weighted by atomic mass is 9.88. The summed E-state index contributed by atoms with van der Waals surface area (Å²) in [5.74, 6) is 0. The van der Waals surface area contributed by atoms with Crippen LogP contribution in [-0.4, -0.2) is 16.3 Å². The Morgan fingerprint density at radius 3 is 2.50 bits per heavy atom. The van der Waals surface area contributed by atoms with E-state index in [1.165, 1.54) is 30.7 Å². The smallest absolute Gasteiger partial charge is 0.0796 e. The number of nitrogens with one attached hydrogen (secondary N) is 1. The SMILES string of the molecule is CCNC(CCCC(C)(C)C)c1cc(C)n(C)n1. The van der Waals surface area contributed by atoms with Gasteiger partial charge in [0.2, 0.25) is 0 Å². The summed E-state index contributed by atoms with van der Waals surface area (Å²) >= 11 is 0. The molecule has 0 aliphatic rings. The zero-order chi connectivity index (χ0) is 13.8. The van der Waals surface area contributed by atoms with E-state index < -0.39 is 0 Å². The molecular formula is C15H29N3. The van der Waals surface area contributed by atoms with Crippen LogP contribution in [0.25, 0.3) is 0 Å². The van der Waals surface area contributed by atoms with Gasteiger partial charge in [0.15, 0.2) is 0 Å². The quantitative estimate of drug-likeness (QED) is 0.837. The zero-order valence-electron chi connectivity index (χ0n) is 12.9. The van der Waals surface area contributed by atoms with Gasteiger partial charge in [0.25, 0.3) is 0 Å². The Morgan fingerprint density at radius 1 is 1.39 bits per heavy atom. The van der Waals surface area contributed by atoms with Gasteiger partial charge < -0.3 is 5.32 Å². The predicted octanol–water partition coefficient (Wildman–Crippen LogP) is 3.60. The second-order valence-electron chi connectivity index (χ2n) is 6.40. The summed E-state index contributed by atoms with van der Waals surface area (Å²) in [5, 5.41) is 8.15. The topological polar surface area (TPSA) is 29.9 Å². The lowest BCUT2D eigenvalue weighted by Gasteiger charge is -2.20. The standard InChI is InChI=1S/C15H29N3/c1-7-16-13(9-8-10-15(3,4)5)14-11-12(2)18(6)17-14/h11,13,16H,7-10H2,1-6H3. The molecule has 0 aliphatic carbocycles. The fourth-order valence-corrected chi connectivity index (χ4v) is 2.20. The predicted molar refractivity (Wildman–Crippen MR) is 77.7 cm³/mol. The van der Waals surface area contributed by atoms with Crippen molar-refractivity contribution in [3.05, 3.63) is 17.5 Å². The van der Waals surface area contributed by atoms with Crippen LogP contribution in [0.1, 0.15) is 64.4 Å². The minimum atomic E-state index is 0.400. The van der Waals surface area contributed by atoms with Gasteiger partial charge in [0.05, 0.1) is 11.7 Å². The summed E-state index contributed by atoms with van der Waals surface area (Å²) in [6, 6.07) is 2.60.